The molecule has 2 heterocycles. The number of carboxylic acid groups (broad SMARTS) is 1. The summed E-state index contributed by atoms with van der Waals surface area (Å²) in [5, 5.41) is 9.30. The Bertz CT molecular complexity index is 524. The van der Waals surface area contributed by atoms with E-state index in [1.54, 1.807) is 20.0 Å². The zero-order valence-corrected chi connectivity index (χ0v) is 11.2. The normalized spacial score (nSPS) is 20.3. The van der Waals surface area contributed by atoms with E-state index in [4.69, 9.17) is 0 Å². The van der Waals surface area contributed by atoms with E-state index in [-0.39, 0.29) is 11.5 Å². The van der Waals surface area contributed by atoms with Gasteiger partial charge in [0.1, 0.15) is 0 Å². The molecule has 0 saturated carbocycles. The van der Waals surface area contributed by atoms with E-state index in [2.05, 4.69) is 9.97 Å². The van der Waals surface area contributed by atoms with Crippen LogP contribution in [0.1, 0.15) is 26.7 Å². The Kier molecular flexibility index (Phi) is 3.59. The van der Waals surface area contributed by atoms with Crippen LogP contribution in [-0.2, 0) is 4.79 Å². The number of rotatable bonds is 3. The lowest BCUT2D eigenvalue weighted by atomic mass is 9.74. The van der Waals surface area contributed by atoms with Crippen molar-refractivity contribution < 1.29 is 9.90 Å². The Labute approximate surface area is 111 Å². The second kappa shape index (κ2) is 5.03. The number of carbonyl (C=O) groups is 1. The fraction of sp³-hybridized carbons (Fsp3) is 0.615. The minimum atomic E-state index is -0.797. The first-order chi connectivity index (χ1) is 8.93. The van der Waals surface area contributed by atoms with Crippen LogP contribution in [0.4, 0.5) is 5.82 Å². The second-order valence-corrected chi connectivity index (χ2v) is 5.55. The van der Waals surface area contributed by atoms with Gasteiger partial charge in [-0.3, -0.25) is 9.59 Å². The number of H-pyrrole nitrogens is 1. The van der Waals surface area contributed by atoms with Gasteiger partial charge in [0.15, 0.2) is 5.82 Å². The topological polar surface area (TPSA) is 86.3 Å². The number of hydrogen-bond acceptors (Lipinski definition) is 4. The fourth-order valence-electron chi connectivity index (χ4n) is 2.50. The molecule has 1 aliphatic rings. The molecule has 2 rings (SSSR count). The molecule has 1 aromatic rings. The molecule has 0 spiro atoms. The number of piperidine rings is 1. The highest BCUT2D eigenvalue weighted by molar-refractivity contribution is 5.74. The predicted octanol–water partition coefficient (Wildman–Crippen LogP) is 1.10. The highest BCUT2D eigenvalue weighted by atomic mass is 16.4. The molecule has 19 heavy (non-hydrogen) atoms. The number of carboxylic acids is 1. The molecule has 0 bridgehead atoms. The number of nitrogens with one attached hydrogen (secondary N) is 1. The zero-order chi connectivity index (χ0) is 14.0. The Balaban J connectivity index is 2.21. The van der Waals surface area contributed by atoms with Crippen molar-refractivity contribution in [2.24, 2.45) is 11.3 Å². The molecule has 1 saturated heterocycles. The van der Waals surface area contributed by atoms with E-state index >= 15 is 0 Å². The van der Waals surface area contributed by atoms with E-state index in [0.29, 0.717) is 12.4 Å². The van der Waals surface area contributed by atoms with Crippen LogP contribution < -0.4 is 10.5 Å². The molecular weight excluding hydrogens is 246 g/mol. The number of aliphatic carboxylic acids is 1. The standard InChI is InChI=1S/C13H19N3O3/c1-13(2,12(18)19)9-4-3-7-16(8-9)10-11(17)15-6-5-14-10/h5-6,9H,3-4,7-8H2,1-2H3,(H,15,17)(H,18,19). The lowest BCUT2D eigenvalue weighted by Gasteiger charge is -2.39. The summed E-state index contributed by atoms with van der Waals surface area (Å²) in [4.78, 5) is 31.6. The number of anilines is 1. The molecule has 1 unspecified atom stereocenters. The van der Waals surface area contributed by atoms with Gasteiger partial charge in [-0.05, 0) is 32.6 Å². The fourth-order valence-corrected chi connectivity index (χ4v) is 2.50. The third kappa shape index (κ3) is 2.62. The molecule has 1 atom stereocenters. The maximum atomic E-state index is 11.7. The van der Waals surface area contributed by atoms with Crippen LogP contribution in [0.3, 0.4) is 0 Å². The third-order valence-electron chi connectivity index (χ3n) is 3.98. The van der Waals surface area contributed by atoms with Gasteiger partial charge in [-0.2, -0.15) is 0 Å². The van der Waals surface area contributed by atoms with Crippen molar-refractivity contribution in [1.82, 2.24) is 9.97 Å². The summed E-state index contributed by atoms with van der Waals surface area (Å²) in [7, 11) is 0. The van der Waals surface area contributed by atoms with Gasteiger partial charge in [-0.15, -0.1) is 0 Å². The molecule has 6 nitrogen and oxygen atoms in total. The molecule has 0 aliphatic carbocycles. The monoisotopic (exact) mass is 265 g/mol. The molecule has 1 fully saturated rings. The average molecular weight is 265 g/mol. The van der Waals surface area contributed by atoms with Crippen molar-refractivity contribution in [3.05, 3.63) is 22.7 Å². The van der Waals surface area contributed by atoms with Crippen molar-refractivity contribution in [3.63, 3.8) is 0 Å². The highest BCUT2D eigenvalue weighted by Crippen LogP contribution is 2.34. The number of aromatic amines is 1. The molecule has 2 N–H and O–H groups in total. The van der Waals surface area contributed by atoms with Gasteiger partial charge in [0, 0.05) is 25.5 Å². The van der Waals surface area contributed by atoms with E-state index < -0.39 is 11.4 Å². The smallest absolute Gasteiger partial charge is 0.309 e. The summed E-state index contributed by atoms with van der Waals surface area (Å²) >= 11 is 0. The first-order valence-electron chi connectivity index (χ1n) is 6.45. The third-order valence-corrected chi connectivity index (χ3v) is 3.98. The number of hydrogen-bond donors (Lipinski definition) is 2. The summed E-state index contributed by atoms with van der Waals surface area (Å²) in [5.74, 6) is -0.400. The van der Waals surface area contributed by atoms with Crippen molar-refractivity contribution in [2.75, 3.05) is 18.0 Å². The Morgan fingerprint density at radius 2 is 2.32 bits per heavy atom. The molecule has 1 aromatic heterocycles. The van der Waals surface area contributed by atoms with E-state index in [1.165, 1.54) is 6.20 Å². The first-order valence-corrected chi connectivity index (χ1v) is 6.45. The van der Waals surface area contributed by atoms with Gasteiger partial charge >= 0.3 is 5.97 Å². The largest absolute Gasteiger partial charge is 0.481 e. The van der Waals surface area contributed by atoms with Gasteiger partial charge < -0.3 is 15.0 Å². The lowest BCUT2D eigenvalue weighted by molar-refractivity contribution is -0.150. The summed E-state index contributed by atoms with van der Waals surface area (Å²) in [6.07, 6.45) is 4.77. The van der Waals surface area contributed by atoms with E-state index in [0.717, 1.165) is 19.4 Å². The second-order valence-electron chi connectivity index (χ2n) is 5.55. The van der Waals surface area contributed by atoms with E-state index in [9.17, 15) is 14.7 Å². The quantitative estimate of drug-likeness (QED) is 0.854. The van der Waals surface area contributed by atoms with E-state index in [1.807, 2.05) is 4.90 Å². The Hall–Kier alpha value is -1.85. The Morgan fingerprint density at radius 1 is 1.58 bits per heavy atom. The van der Waals surface area contributed by atoms with Crippen LogP contribution in [0.2, 0.25) is 0 Å². The van der Waals surface area contributed by atoms with Crippen LogP contribution in [0, 0.1) is 11.3 Å². The average Bonchev–Trinajstić information content (AvgIpc) is 2.39. The zero-order valence-electron chi connectivity index (χ0n) is 11.2. The van der Waals surface area contributed by atoms with Gasteiger partial charge in [0.05, 0.1) is 5.41 Å². The van der Waals surface area contributed by atoms with Crippen molar-refractivity contribution in [1.29, 1.82) is 0 Å². The minimum absolute atomic E-state index is 0.0140. The lowest BCUT2D eigenvalue weighted by Crippen LogP contribution is -2.46. The van der Waals surface area contributed by atoms with Gasteiger partial charge in [-0.25, -0.2) is 4.98 Å². The molecule has 6 heteroatoms. The maximum Gasteiger partial charge on any atom is 0.309 e. The van der Waals surface area contributed by atoms with Gasteiger partial charge in [-0.1, -0.05) is 0 Å². The van der Waals surface area contributed by atoms with Gasteiger partial charge in [0.2, 0.25) is 0 Å². The molecule has 0 aromatic carbocycles. The van der Waals surface area contributed by atoms with Crippen LogP contribution in [0.5, 0.6) is 0 Å². The Morgan fingerprint density at radius 3 is 2.95 bits per heavy atom. The van der Waals surface area contributed by atoms with Crippen LogP contribution in [0.25, 0.3) is 0 Å². The highest BCUT2D eigenvalue weighted by Gasteiger charge is 2.39. The van der Waals surface area contributed by atoms with Crippen molar-refractivity contribution in [3.8, 4) is 0 Å². The molecule has 0 amide bonds. The molecular formula is C13H19N3O3. The predicted molar refractivity (Wildman–Crippen MR) is 71.2 cm³/mol. The van der Waals surface area contributed by atoms with Crippen LogP contribution in [-0.4, -0.2) is 34.1 Å². The molecule has 1 aliphatic heterocycles. The minimum Gasteiger partial charge on any atom is -0.481 e. The van der Waals surface area contributed by atoms with Gasteiger partial charge in [0.25, 0.3) is 5.56 Å². The summed E-state index contributed by atoms with van der Waals surface area (Å²) in [6.45, 7) is 4.78. The summed E-state index contributed by atoms with van der Waals surface area (Å²) in [5.41, 5.74) is -1.02. The maximum absolute atomic E-state index is 11.7. The van der Waals surface area contributed by atoms with Crippen LogP contribution >= 0.6 is 0 Å². The number of aromatic nitrogens is 2. The summed E-state index contributed by atoms with van der Waals surface area (Å²) < 4.78 is 0. The molecule has 104 valence electrons. The molecule has 0 radical (unpaired) electrons. The van der Waals surface area contributed by atoms with Crippen molar-refractivity contribution in [2.45, 2.75) is 26.7 Å². The summed E-state index contributed by atoms with van der Waals surface area (Å²) in [6, 6.07) is 0. The van der Waals surface area contributed by atoms with Crippen LogP contribution in [0.15, 0.2) is 17.2 Å². The number of nitrogens with zero attached hydrogens (tertiary/aromatic N) is 2. The van der Waals surface area contributed by atoms with Crippen molar-refractivity contribution >= 4 is 11.8 Å². The SMILES string of the molecule is CC(C)(C(=O)O)C1CCCN(c2ncc[nH]c2=O)C1. The first kappa shape index (κ1) is 13.6.